The van der Waals surface area contributed by atoms with E-state index in [4.69, 9.17) is 24.1 Å². The number of nitrogens with zero attached hydrogens (tertiary/aromatic N) is 5. The third-order valence-electron chi connectivity index (χ3n) is 16.4. The summed E-state index contributed by atoms with van der Waals surface area (Å²) in [5.74, 6) is 3.76. The molecule has 0 radical (unpaired) electrons. The lowest BCUT2D eigenvalue weighted by Gasteiger charge is -2.24. The van der Waals surface area contributed by atoms with Gasteiger partial charge in [0.25, 0.3) is 0 Å². The molecule has 0 fully saturated rings. The molecule has 7 nitrogen and oxygen atoms in total. The second-order valence-corrected chi connectivity index (χ2v) is 23.1. The number of benzene rings is 10. The maximum atomic E-state index is 7.30. The summed E-state index contributed by atoms with van der Waals surface area (Å²) in [6.07, 6.45) is 0. The van der Waals surface area contributed by atoms with E-state index in [1.54, 1.807) is 0 Å². The van der Waals surface area contributed by atoms with Crippen molar-refractivity contribution in [2.75, 3.05) is 0 Å². The van der Waals surface area contributed by atoms with Crippen LogP contribution in [0, 0.1) is 0 Å². The Bertz CT molecular complexity index is 4730. The van der Waals surface area contributed by atoms with Crippen LogP contribution in [0.5, 0.6) is 11.5 Å². The first-order chi connectivity index (χ1) is 39.9. The summed E-state index contributed by atoms with van der Waals surface area (Å²) in [7, 11) is 0. The van der Waals surface area contributed by atoms with Gasteiger partial charge in [0.1, 0.15) is 34.3 Å². The first kappa shape index (κ1) is 50.6. The topological polar surface area (TPSA) is 70.9 Å². The molecule has 0 atom stereocenters. The Kier molecular flexibility index (Phi) is 12.5. The molecule has 7 heteroatoms. The van der Waals surface area contributed by atoms with E-state index in [1.807, 2.05) is 12.1 Å². The molecular weight excluding hydrogens is 1000 g/mol. The summed E-state index contributed by atoms with van der Waals surface area (Å²) in [6, 6.07) is 75.3. The lowest BCUT2D eigenvalue weighted by atomic mass is 9.88. The molecule has 4 heterocycles. The number of furan rings is 1. The molecule has 0 aliphatic carbocycles. The van der Waals surface area contributed by atoms with Crippen LogP contribution in [-0.4, -0.2) is 24.1 Å². The van der Waals surface area contributed by atoms with Gasteiger partial charge in [-0.05, 0) is 165 Å². The molecule has 14 aromatic rings. The van der Waals surface area contributed by atoms with Crippen LogP contribution in [0.3, 0.4) is 0 Å². The average Bonchev–Trinajstić information content (AvgIpc) is 2.76. The maximum Gasteiger partial charge on any atom is 0.149 e. The highest BCUT2D eigenvalue weighted by Gasteiger charge is 2.28. The third-order valence-corrected chi connectivity index (χ3v) is 16.4. The van der Waals surface area contributed by atoms with Gasteiger partial charge in [-0.15, -0.1) is 0 Å². The minimum Gasteiger partial charge on any atom is -0.457 e. The SMILES string of the molecule is CC(C)c1cc(-c2ccccc2)cc(C(C)C)c1-n1c(-c2cccc(Oc3cc(-c4nc5ccccc5n4-c4c(C(C)C)cc(-c5ccccc5)cc4C(C)C)c4oc5ccc6nc7ccccc7cc6c5c4c3)c2)nc2ccccc21. The number of imidazole rings is 2. The predicted molar refractivity (Wildman–Crippen MR) is 340 cm³/mol. The predicted octanol–water partition coefficient (Wildman–Crippen LogP) is 20.9. The van der Waals surface area contributed by atoms with Crippen LogP contribution < -0.4 is 4.74 Å². The molecule has 14 rings (SSSR count). The zero-order valence-electron chi connectivity index (χ0n) is 47.6. The second-order valence-electron chi connectivity index (χ2n) is 23.1. The highest BCUT2D eigenvalue weighted by atomic mass is 16.5. The van der Waals surface area contributed by atoms with Crippen molar-refractivity contribution in [3.8, 4) is 67.9 Å². The molecule has 0 amide bonds. The molecular formula is C75H63N5O2. The molecule has 0 bridgehead atoms. The van der Waals surface area contributed by atoms with Crippen molar-refractivity contribution in [2.24, 2.45) is 0 Å². The van der Waals surface area contributed by atoms with Crippen molar-refractivity contribution < 1.29 is 9.15 Å². The van der Waals surface area contributed by atoms with Gasteiger partial charge in [-0.25, -0.2) is 15.0 Å². The Morgan fingerprint density at radius 1 is 0.366 bits per heavy atom. The standard InChI is InChI=1S/C75H63N5O2/c1-44(2)56-38-52(48-22-11-9-12-23-48)39-57(45(3)4)71(56)79-67-32-19-17-30-65(67)77-74(79)51-27-21-28-54(36-51)81-55-42-61-70-60-37-50-26-15-16-29-63(50)76-64(60)34-35-69(70)82-73(61)62(43-55)75-78-66-31-18-20-33-68(66)80(75)72-58(46(5)6)40-53(41-59(72)47(7)8)49-24-13-10-14-25-49/h9-47H,1-8H3. The van der Waals surface area contributed by atoms with E-state index in [0.717, 1.165) is 94.3 Å². The summed E-state index contributed by atoms with van der Waals surface area (Å²) >= 11 is 0. The molecule has 0 unspecified atom stereocenters. The Balaban J connectivity index is 0.997. The van der Waals surface area contributed by atoms with Crippen LogP contribution in [0.2, 0.25) is 0 Å². The first-order valence-corrected chi connectivity index (χ1v) is 28.9. The number of hydrogen-bond acceptors (Lipinski definition) is 5. The van der Waals surface area contributed by atoms with Gasteiger partial charge < -0.3 is 9.15 Å². The highest BCUT2D eigenvalue weighted by molar-refractivity contribution is 6.21. The molecule has 0 aliphatic rings. The van der Waals surface area contributed by atoms with E-state index in [1.165, 1.54) is 50.2 Å². The summed E-state index contributed by atoms with van der Waals surface area (Å²) in [5, 5.41) is 3.95. The number of fused-ring (bicyclic) bond motifs is 8. The average molecular weight is 1070 g/mol. The van der Waals surface area contributed by atoms with E-state index < -0.39 is 0 Å². The minimum absolute atomic E-state index is 0.183. The van der Waals surface area contributed by atoms with E-state index in [-0.39, 0.29) is 23.7 Å². The van der Waals surface area contributed by atoms with Crippen molar-refractivity contribution >= 4 is 65.8 Å². The molecule has 0 aliphatic heterocycles. The monoisotopic (exact) mass is 1070 g/mol. The van der Waals surface area contributed by atoms with Crippen LogP contribution in [0.1, 0.15) is 101 Å². The molecule has 0 saturated heterocycles. The lowest BCUT2D eigenvalue weighted by Crippen LogP contribution is -2.09. The van der Waals surface area contributed by atoms with E-state index >= 15 is 0 Å². The van der Waals surface area contributed by atoms with Crippen LogP contribution in [-0.2, 0) is 0 Å². The quantitative estimate of drug-likeness (QED) is 0.114. The molecule has 0 N–H and O–H groups in total. The number of para-hydroxylation sites is 5. The van der Waals surface area contributed by atoms with Crippen molar-refractivity contribution in [3.63, 3.8) is 0 Å². The largest absolute Gasteiger partial charge is 0.457 e. The number of hydrogen-bond donors (Lipinski definition) is 0. The van der Waals surface area contributed by atoms with E-state index in [0.29, 0.717) is 11.5 Å². The number of aromatic nitrogens is 5. The zero-order valence-corrected chi connectivity index (χ0v) is 47.6. The highest BCUT2D eigenvalue weighted by Crippen LogP contribution is 2.47. The van der Waals surface area contributed by atoms with Gasteiger partial charge in [-0.2, -0.15) is 0 Å². The molecule has 0 spiro atoms. The van der Waals surface area contributed by atoms with E-state index in [2.05, 4.69) is 265 Å². The van der Waals surface area contributed by atoms with Crippen molar-refractivity contribution in [3.05, 3.63) is 235 Å². The summed E-state index contributed by atoms with van der Waals surface area (Å²) in [6.45, 7) is 18.4. The van der Waals surface area contributed by atoms with E-state index in [9.17, 15) is 0 Å². The fourth-order valence-electron chi connectivity index (χ4n) is 12.4. The summed E-state index contributed by atoms with van der Waals surface area (Å²) in [4.78, 5) is 16.3. The van der Waals surface area contributed by atoms with Gasteiger partial charge in [0.2, 0.25) is 0 Å². The first-order valence-electron chi connectivity index (χ1n) is 28.9. The fraction of sp³-hybridized carbons (Fsp3) is 0.160. The lowest BCUT2D eigenvalue weighted by molar-refractivity contribution is 0.483. The van der Waals surface area contributed by atoms with Crippen LogP contribution in [0.25, 0.3) is 122 Å². The van der Waals surface area contributed by atoms with Crippen molar-refractivity contribution in [1.82, 2.24) is 24.1 Å². The van der Waals surface area contributed by atoms with Gasteiger partial charge in [-0.3, -0.25) is 9.13 Å². The molecule has 82 heavy (non-hydrogen) atoms. The molecule has 0 saturated carbocycles. The van der Waals surface area contributed by atoms with Gasteiger partial charge in [-0.1, -0.05) is 171 Å². The Hall–Kier alpha value is -9.59. The Morgan fingerprint density at radius 2 is 0.866 bits per heavy atom. The van der Waals surface area contributed by atoms with Gasteiger partial charge in [0.05, 0.1) is 50.0 Å². The van der Waals surface area contributed by atoms with Crippen LogP contribution in [0.15, 0.2) is 217 Å². The molecule has 400 valence electrons. The fourth-order valence-corrected chi connectivity index (χ4v) is 12.4. The maximum absolute atomic E-state index is 7.30. The third kappa shape index (κ3) is 8.62. The normalized spacial score (nSPS) is 12.1. The van der Waals surface area contributed by atoms with Gasteiger partial charge >= 0.3 is 0 Å². The Morgan fingerprint density at radius 3 is 1.44 bits per heavy atom. The second kappa shape index (κ2) is 20.2. The number of pyridine rings is 1. The number of ether oxygens (including phenoxy) is 1. The summed E-state index contributed by atoms with van der Waals surface area (Å²) < 4.78 is 19.3. The van der Waals surface area contributed by atoms with Crippen LogP contribution >= 0.6 is 0 Å². The molecule has 4 aromatic heterocycles. The molecule has 10 aromatic carbocycles. The Labute approximate surface area is 478 Å². The van der Waals surface area contributed by atoms with Crippen LogP contribution in [0.4, 0.5) is 0 Å². The minimum atomic E-state index is 0.183. The van der Waals surface area contributed by atoms with Crippen molar-refractivity contribution in [1.29, 1.82) is 0 Å². The van der Waals surface area contributed by atoms with Gasteiger partial charge in [0.15, 0.2) is 0 Å². The zero-order chi connectivity index (χ0) is 55.9. The number of rotatable bonds is 12. The van der Waals surface area contributed by atoms with Gasteiger partial charge in [0, 0.05) is 27.1 Å². The smallest absolute Gasteiger partial charge is 0.149 e. The summed E-state index contributed by atoms with van der Waals surface area (Å²) in [5.41, 5.74) is 21.1. The van der Waals surface area contributed by atoms with Crippen molar-refractivity contribution in [2.45, 2.75) is 79.1 Å².